The lowest BCUT2D eigenvalue weighted by Gasteiger charge is -2.05. The minimum absolute atomic E-state index is 0.0603. The monoisotopic (exact) mass is 431 g/mol. The zero-order chi connectivity index (χ0) is 20.9. The van der Waals surface area contributed by atoms with Crippen LogP contribution in [0.5, 0.6) is 11.5 Å². The number of hydrogen-bond donors (Lipinski definition) is 0. The average Bonchev–Trinajstić information content (AvgIpc) is 3.16. The Hall–Kier alpha value is -3.21. The summed E-state index contributed by atoms with van der Waals surface area (Å²) in [5, 5.41) is 1.48. The second kappa shape index (κ2) is 9.08. The summed E-state index contributed by atoms with van der Waals surface area (Å²) < 4.78 is 5.79. The molecule has 0 unspecified atom stereocenters. The fourth-order valence-corrected chi connectivity index (χ4v) is 3.98. The molecule has 148 valence electrons. The minimum atomic E-state index is -0.0603. The summed E-state index contributed by atoms with van der Waals surface area (Å²) in [5.74, 6) is 1.47. The first-order valence-corrected chi connectivity index (χ1v) is 10.6. The van der Waals surface area contributed by atoms with Crippen molar-refractivity contribution in [3.63, 3.8) is 0 Å². The van der Waals surface area contributed by atoms with Crippen molar-refractivity contribution >= 4 is 34.8 Å². The van der Waals surface area contributed by atoms with Gasteiger partial charge in [0.15, 0.2) is 5.78 Å². The largest absolute Gasteiger partial charge is 0.457 e. The lowest BCUT2D eigenvalue weighted by Crippen LogP contribution is -1.93. The molecule has 1 aromatic heterocycles. The van der Waals surface area contributed by atoms with Crippen LogP contribution in [0.2, 0.25) is 5.02 Å². The van der Waals surface area contributed by atoms with Crippen molar-refractivity contribution in [2.24, 2.45) is 0 Å². The number of carbonyl (C=O) groups excluding carboxylic acids is 1. The van der Waals surface area contributed by atoms with E-state index in [2.05, 4.69) is 4.98 Å². The van der Waals surface area contributed by atoms with E-state index in [4.69, 9.17) is 16.3 Å². The number of hydrogen-bond acceptors (Lipinski definition) is 4. The number of rotatable bonds is 6. The quantitative estimate of drug-likeness (QED) is 0.235. The summed E-state index contributed by atoms with van der Waals surface area (Å²) >= 11 is 7.34. The van der Waals surface area contributed by atoms with Crippen molar-refractivity contribution in [3.8, 4) is 22.1 Å². The third-order valence-corrected chi connectivity index (χ3v) is 5.87. The molecule has 0 spiro atoms. The molecule has 4 aromatic rings. The molecule has 0 amide bonds. The van der Waals surface area contributed by atoms with Gasteiger partial charge in [0, 0.05) is 10.6 Å². The molecular weight excluding hydrogens is 414 g/mol. The van der Waals surface area contributed by atoms with Crippen molar-refractivity contribution in [1.29, 1.82) is 0 Å². The van der Waals surface area contributed by atoms with Crippen LogP contribution in [0.15, 0.2) is 84.9 Å². The first-order chi connectivity index (χ1) is 14.6. The SMILES string of the molecule is Cc1nc(-c2ccc(Cl)cc2)sc1C(=O)/C=C/c1ccc(Oc2ccccc2)cc1. The van der Waals surface area contributed by atoms with E-state index >= 15 is 0 Å². The molecule has 0 aliphatic heterocycles. The van der Waals surface area contributed by atoms with Crippen LogP contribution in [0.3, 0.4) is 0 Å². The first kappa shape index (κ1) is 20.1. The Balaban J connectivity index is 1.45. The lowest BCUT2D eigenvalue weighted by atomic mass is 10.1. The molecule has 3 nitrogen and oxygen atoms in total. The van der Waals surface area contributed by atoms with E-state index in [-0.39, 0.29) is 5.78 Å². The predicted molar refractivity (Wildman–Crippen MR) is 124 cm³/mol. The Bertz CT molecular complexity index is 1180. The van der Waals surface area contributed by atoms with Gasteiger partial charge in [-0.05, 0) is 55.0 Å². The number of ketones is 1. The number of para-hydroxylation sites is 1. The van der Waals surface area contributed by atoms with E-state index in [0.29, 0.717) is 9.90 Å². The Morgan fingerprint density at radius 2 is 1.60 bits per heavy atom. The second-order valence-corrected chi connectivity index (χ2v) is 8.06. The van der Waals surface area contributed by atoms with Crippen LogP contribution >= 0.6 is 22.9 Å². The molecular formula is C25H18ClNO2S. The highest BCUT2D eigenvalue weighted by molar-refractivity contribution is 7.17. The van der Waals surface area contributed by atoms with Gasteiger partial charge in [-0.3, -0.25) is 4.79 Å². The molecule has 0 saturated heterocycles. The van der Waals surface area contributed by atoms with Gasteiger partial charge in [0.25, 0.3) is 0 Å². The van der Waals surface area contributed by atoms with Crippen molar-refractivity contribution < 1.29 is 9.53 Å². The fourth-order valence-electron chi connectivity index (χ4n) is 2.86. The van der Waals surface area contributed by atoms with E-state index in [1.807, 2.05) is 85.8 Å². The predicted octanol–water partition coefficient (Wildman–Crippen LogP) is 7.46. The third-order valence-electron chi connectivity index (χ3n) is 4.40. The van der Waals surface area contributed by atoms with Crippen molar-refractivity contribution in [1.82, 2.24) is 4.98 Å². The zero-order valence-electron chi connectivity index (χ0n) is 16.2. The van der Waals surface area contributed by atoms with Crippen LogP contribution in [-0.4, -0.2) is 10.8 Å². The molecule has 0 atom stereocenters. The van der Waals surface area contributed by atoms with Gasteiger partial charge in [0.05, 0.1) is 10.6 Å². The molecule has 0 bridgehead atoms. The molecule has 5 heteroatoms. The van der Waals surface area contributed by atoms with Crippen molar-refractivity contribution in [2.45, 2.75) is 6.92 Å². The summed E-state index contributed by atoms with van der Waals surface area (Å²) in [6.45, 7) is 1.85. The van der Waals surface area contributed by atoms with Crippen LogP contribution in [-0.2, 0) is 0 Å². The molecule has 0 N–H and O–H groups in total. The smallest absolute Gasteiger partial charge is 0.197 e. The van der Waals surface area contributed by atoms with Gasteiger partial charge in [0.1, 0.15) is 16.5 Å². The molecule has 0 radical (unpaired) electrons. The number of aryl methyl sites for hydroxylation is 1. The van der Waals surface area contributed by atoms with Gasteiger partial charge in [-0.1, -0.05) is 60.1 Å². The number of ether oxygens (including phenoxy) is 1. The number of carbonyl (C=O) groups is 1. The summed E-state index contributed by atoms with van der Waals surface area (Å²) in [5.41, 5.74) is 2.60. The molecule has 0 fully saturated rings. The summed E-state index contributed by atoms with van der Waals surface area (Å²) in [4.78, 5) is 17.9. The Morgan fingerprint density at radius 1 is 0.933 bits per heavy atom. The number of thiazole rings is 1. The number of allylic oxidation sites excluding steroid dienone is 1. The Kier molecular flexibility index (Phi) is 6.07. The van der Waals surface area contributed by atoms with Crippen molar-refractivity contribution in [2.75, 3.05) is 0 Å². The number of halogens is 1. The standard InChI is InChI=1S/C25H18ClNO2S/c1-17-24(30-25(27-17)19-10-12-20(26)13-11-19)23(28)16-9-18-7-14-22(15-8-18)29-21-5-3-2-4-6-21/h2-16H,1H3/b16-9+. The first-order valence-electron chi connectivity index (χ1n) is 9.37. The third kappa shape index (κ3) is 4.85. The maximum absolute atomic E-state index is 12.7. The molecule has 3 aromatic carbocycles. The van der Waals surface area contributed by atoms with Gasteiger partial charge in [-0.2, -0.15) is 0 Å². The summed E-state index contributed by atoms with van der Waals surface area (Å²) in [6.07, 6.45) is 3.38. The molecule has 0 aliphatic rings. The topological polar surface area (TPSA) is 39.2 Å². The summed E-state index contributed by atoms with van der Waals surface area (Å²) in [6, 6.07) is 24.7. The lowest BCUT2D eigenvalue weighted by molar-refractivity contribution is 0.105. The van der Waals surface area contributed by atoms with Gasteiger partial charge in [-0.25, -0.2) is 4.98 Å². The molecule has 1 heterocycles. The van der Waals surface area contributed by atoms with Crippen LogP contribution < -0.4 is 4.74 Å². The van der Waals surface area contributed by atoms with Crippen LogP contribution in [0.25, 0.3) is 16.6 Å². The fraction of sp³-hybridized carbons (Fsp3) is 0.0400. The number of nitrogens with zero attached hydrogens (tertiary/aromatic N) is 1. The highest BCUT2D eigenvalue weighted by Gasteiger charge is 2.14. The van der Waals surface area contributed by atoms with E-state index < -0.39 is 0 Å². The molecule has 4 rings (SSSR count). The van der Waals surface area contributed by atoms with E-state index in [1.165, 1.54) is 11.3 Å². The maximum atomic E-state index is 12.7. The van der Waals surface area contributed by atoms with Crippen LogP contribution in [0.1, 0.15) is 20.9 Å². The average molecular weight is 432 g/mol. The maximum Gasteiger partial charge on any atom is 0.197 e. The Morgan fingerprint density at radius 3 is 2.30 bits per heavy atom. The minimum Gasteiger partial charge on any atom is -0.457 e. The van der Waals surface area contributed by atoms with Gasteiger partial charge >= 0.3 is 0 Å². The van der Waals surface area contributed by atoms with Crippen LogP contribution in [0.4, 0.5) is 0 Å². The molecule has 0 saturated carbocycles. The van der Waals surface area contributed by atoms with E-state index in [0.717, 1.165) is 33.3 Å². The van der Waals surface area contributed by atoms with Gasteiger partial charge in [0.2, 0.25) is 0 Å². The van der Waals surface area contributed by atoms with Gasteiger partial charge in [-0.15, -0.1) is 11.3 Å². The van der Waals surface area contributed by atoms with Crippen molar-refractivity contribution in [3.05, 3.63) is 106 Å². The Labute approximate surface area is 184 Å². The summed E-state index contributed by atoms with van der Waals surface area (Å²) in [7, 11) is 0. The normalized spacial score (nSPS) is 11.0. The van der Waals surface area contributed by atoms with E-state index in [9.17, 15) is 4.79 Å². The second-order valence-electron chi connectivity index (χ2n) is 6.62. The zero-order valence-corrected chi connectivity index (χ0v) is 17.8. The molecule has 30 heavy (non-hydrogen) atoms. The number of aromatic nitrogens is 1. The van der Waals surface area contributed by atoms with E-state index in [1.54, 1.807) is 12.2 Å². The highest BCUT2D eigenvalue weighted by Crippen LogP contribution is 2.29. The van der Waals surface area contributed by atoms with Gasteiger partial charge < -0.3 is 4.74 Å². The molecule has 0 aliphatic carbocycles. The number of benzene rings is 3. The highest BCUT2D eigenvalue weighted by atomic mass is 35.5. The van der Waals surface area contributed by atoms with Crippen LogP contribution in [0, 0.1) is 6.92 Å².